The van der Waals surface area contributed by atoms with Crippen molar-refractivity contribution in [3.63, 3.8) is 0 Å². The number of anilines is 1. The Morgan fingerprint density at radius 3 is 3.00 bits per heavy atom. The lowest BCUT2D eigenvalue weighted by molar-refractivity contribution is 0.949. The first-order chi connectivity index (χ1) is 7.16. The van der Waals surface area contributed by atoms with Crippen molar-refractivity contribution in [1.82, 2.24) is 19.5 Å². The molecule has 0 radical (unpaired) electrons. The maximum atomic E-state index is 6.01. The van der Waals surface area contributed by atoms with E-state index in [0.717, 1.165) is 15.9 Å². The van der Waals surface area contributed by atoms with Crippen LogP contribution in [0.15, 0.2) is 6.33 Å². The summed E-state index contributed by atoms with van der Waals surface area (Å²) in [5.74, 6) is 0. The largest absolute Gasteiger partial charge is 0.375 e. The molecule has 0 spiro atoms. The zero-order chi connectivity index (χ0) is 10.6. The number of hydrogen-bond donors (Lipinski definition) is 1. The van der Waals surface area contributed by atoms with Gasteiger partial charge >= 0.3 is 0 Å². The molecule has 76 valence electrons. The predicted octanol–water partition coefficient (Wildman–Crippen LogP) is 1.81. The molecule has 0 amide bonds. The van der Waals surface area contributed by atoms with Crippen molar-refractivity contribution in [2.45, 2.75) is 0 Å². The van der Waals surface area contributed by atoms with Crippen molar-refractivity contribution >= 4 is 49.4 Å². The SMILES string of the molecule is Cn1cnc2c(Cl)nc3sc(N)nc3c21. The Balaban J connectivity index is 2.66. The third-order valence-corrected chi connectivity index (χ3v) is 3.22. The maximum absolute atomic E-state index is 6.01. The number of halogens is 1. The molecule has 0 fully saturated rings. The van der Waals surface area contributed by atoms with Gasteiger partial charge in [-0.3, -0.25) is 0 Å². The van der Waals surface area contributed by atoms with Crippen LogP contribution in [0.3, 0.4) is 0 Å². The molecule has 0 saturated carbocycles. The third kappa shape index (κ3) is 1.12. The van der Waals surface area contributed by atoms with Crippen molar-refractivity contribution in [3.05, 3.63) is 11.5 Å². The molecule has 3 heterocycles. The van der Waals surface area contributed by atoms with Crippen molar-refractivity contribution in [1.29, 1.82) is 0 Å². The summed E-state index contributed by atoms with van der Waals surface area (Å²) in [4.78, 5) is 13.3. The number of imidazole rings is 1. The highest BCUT2D eigenvalue weighted by Crippen LogP contribution is 2.31. The van der Waals surface area contributed by atoms with Gasteiger partial charge in [0.25, 0.3) is 0 Å². The molecule has 3 aromatic rings. The number of aryl methyl sites for hydroxylation is 1. The summed E-state index contributed by atoms with van der Waals surface area (Å²) in [7, 11) is 1.89. The minimum absolute atomic E-state index is 0.391. The molecule has 0 aliphatic heterocycles. The van der Waals surface area contributed by atoms with Gasteiger partial charge in [0.15, 0.2) is 10.3 Å². The van der Waals surface area contributed by atoms with Crippen molar-refractivity contribution < 1.29 is 0 Å². The van der Waals surface area contributed by atoms with Gasteiger partial charge < -0.3 is 10.3 Å². The van der Waals surface area contributed by atoms with Crippen LogP contribution in [-0.4, -0.2) is 19.5 Å². The number of nitrogen functional groups attached to an aromatic ring is 1. The first-order valence-corrected chi connectivity index (χ1v) is 5.39. The Morgan fingerprint density at radius 1 is 1.40 bits per heavy atom. The third-order valence-electron chi connectivity index (χ3n) is 2.18. The zero-order valence-electron chi connectivity index (χ0n) is 7.73. The summed E-state index contributed by atoms with van der Waals surface area (Å²) in [6, 6.07) is 0. The molecule has 0 atom stereocenters. The van der Waals surface area contributed by atoms with Crippen molar-refractivity contribution in [2.24, 2.45) is 7.05 Å². The van der Waals surface area contributed by atoms with E-state index in [2.05, 4.69) is 15.0 Å². The fourth-order valence-corrected chi connectivity index (χ4v) is 2.54. The van der Waals surface area contributed by atoms with Crippen LogP contribution in [0.4, 0.5) is 5.13 Å². The molecule has 0 aromatic carbocycles. The van der Waals surface area contributed by atoms with E-state index in [0.29, 0.717) is 15.8 Å². The highest BCUT2D eigenvalue weighted by molar-refractivity contribution is 7.21. The molecule has 0 unspecified atom stereocenters. The lowest BCUT2D eigenvalue weighted by Crippen LogP contribution is -1.88. The number of nitrogens with two attached hydrogens (primary N) is 1. The number of hydrogen-bond acceptors (Lipinski definition) is 5. The smallest absolute Gasteiger partial charge is 0.182 e. The lowest BCUT2D eigenvalue weighted by atomic mass is 10.4. The van der Waals surface area contributed by atoms with Gasteiger partial charge in [-0.15, -0.1) is 0 Å². The summed E-state index contributed by atoms with van der Waals surface area (Å²) in [5, 5.41) is 0.879. The second-order valence-electron chi connectivity index (χ2n) is 3.16. The molecule has 5 nitrogen and oxygen atoms in total. The van der Waals surface area contributed by atoms with Crippen LogP contribution in [0.5, 0.6) is 0 Å². The summed E-state index contributed by atoms with van der Waals surface area (Å²) < 4.78 is 1.87. The molecule has 0 aliphatic carbocycles. The average molecular weight is 240 g/mol. The van der Waals surface area contributed by atoms with E-state index in [9.17, 15) is 0 Å². The maximum Gasteiger partial charge on any atom is 0.182 e. The Hall–Kier alpha value is -1.40. The van der Waals surface area contributed by atoms with Crippen molar-refractivity contribution in [3.8, 4) is 0 Å². The van der Waals surface area contributed by atoms with Gasteiger partial charge in [0, 0.05) is 7.05 Å². The number of fused-ring (bicyclic) bond motifs is 3. The van der Waals surface area contributed by atoms with E-state index in [4.69, 9.17) is 17.3 Å². The summed E-state index contributed by atoms with van der Waals surface area (Å²) in [5.41, 5.74) is 7.94. The fourth-order valence-electron chi connectivity index (χ4n) is 1.56. The van der Waals surface area contributed by atoms with E-state index < -0.39 is 0 Å². The Kier molecular flexibility index (Phi) is 1.66. The molecule has 0 bridgehead atoms. The van der Waals surface area contributed by atoms with Gasteiger partial charge in [-0.05, 0) is 0 Å². The summed E-state index contributed by atoms with van der Waals surface area (Å²) >= 11 is 7.33. The van der Waals surface area contributed by atoms with Crippen LogP contribution >= 0.6 is 22.9 Å². The summed E-state index contributed by atoms with van der Waals surface area (Å²) in [6.45, 7) is 0. The predicted molar refractivity (Wildman–Crippen MR) is 61.1 cm³/mol. The van der Waals surface area contributed by atoms with Gasteiger partial charge in [0.1, 0.15) is 21.4 Å². The second kappa shape index (κ2) is 2.80. The highest BCUT2D eigenvalue weighted by Gasteiger charge is 2.14. The second-order valence-corrected chi connectivity index (χ2v) is 4.53. The number of thiazole rings is 1. The molecular weight excluding hydrogens is 234 g/mol. The molecule has 0 saturated heterocycles. The van der Waals surface area contributed by atoms with E-state index >= 15 is 0 Å². The van der Waals surface area contributed by atoms with E-state index in [-0.39, 0.29) is 0 Å². The first-order valence-electron chi connectivity index (χ1n) is 4.19. The van der Waals surface area contributed by atoms with E-state index in [1.165, 1.54) is 11.3 Å². The Morgan fingerprint density at radius 2 is 2.20 bits per heavy atom. The van der Waals surface area contributed by atoms with Crippen LogP contribution in [0, 0.1) is 0 Å². The standard InChI is InChI=1S/C8H6ClN5S/c1-14-2-11-3-5(14)4-7(13-6(3)9)15-8(10)12-4/h2H,1H3,(H2,10,12). The van der Waals surface area contributed by atoms with Crippen LogP contribution < -0.4 is 5.73 Å². The van der Waals surface area contributed by atoms with Gasteiger partial charge in [0.05, 0.1) is 6.33 Å². The Labute approximate surface area is 93.5 Å². The quantitative estimate of drug-likeness (QED) is 0.608. The topological polar surface area (TPSA) is 69.6 Å². The van der Waals surface area contributed by atoms with Gasteiger partial charge in [-0.1, -0.05) is 22.9 Å². The highest BCUT2D eigenvalue weighted by atomic mass is 35.5. The fraction of sp³-hybridized carbons (Fsp3) is 0.125. The zero-order valence-corrected chi connectivity index (χ0v) is 9.30. The molecule has 0 aliphatic rings. The van der Waals surface area contributed by atoms with E-state index in [1.807, 2.05) is 11.6 Å². The summed E-state index contributed by atoms with van der Waals surface area (Å²) in [6.07, 6.45) is 1.69. The normalized spacial score (nSPS) is 11.6. The number of nitrogens with zero attached hydrogens (tertiary/aromatic N) is 4. The average Bonchev–Trinajstić information content (AvgIpc) is 2.69. The molecule has 3 aromatic heterocycles. The number of rotatable bonds is 0. The molecule has 3 rings (SSSR count). The van der Waals surface area contributed by atoms with Crippen molar-refractivity contribution in [2.75, 3.05) is 5.73 Å². The minimum atomic E-state index is 0.391. The van der Waals surface area contributed by atoms with Crippen LogP contribution in [0.25, 0.3) is 21.4 Å². The van der Waals surface area contributed by atoms with E-state index in [1.54, 1.807) is 6.33 Å². The Bertz CT molecular complexity index is 670. The molecule has 2 N–H and O–H groups in total. The number of pyridine rings is 1. The van der Waals surface area contributed by atoms with Gasteiger partial charge in [0.2, 0.25) is 0 Å². The van der Waals surface area contributed by atoms with Crippen LogP contribution in [-0.2, 0) is 7.05 Å². The number of aromatic nitrogens is 4. The van der Waals surface area contributed by atoms with Crippen LogP contribution in [0.1, 0.15) is 0 Å². The molecular formula is C8H6ClN5S. The molecule has 15 heavy (non-hydrogen) atoms. The lowest BCUT2D eigenvalue weighted by Gasteiger charge is -1.96. The first kappa shape index (κ1) is 8.87. The van der Waals surface area contributed by atoms with Gasteiger partial charge in [-0.2, -0.15) is 0 Å². The monoisotopic (exact) mass is 239 g/mol. The van der Waals surface area contributed by atoms with Gasteiger partial charge in [-0.25, -0.2) is 15.0 Å². The van der Waals surface area contributed by atoms with Crippen LogP contribution in [0.2, 0.25) is 5.15 Å². The minimum Gasteiger partial charge on any atom is -0.375 e. The molecule has 7 heteroatoms.